The average Bonchev–Trinajstić information content (AvgIpc) is 2.25. The highest BCUT2D eigenvalue weighted by molar-refractivity contribution is 5.85. The second kappa shape index (κ2) is 13.5. The molecule has 1 aliphatic rings. The minimum absolute atomic E-state index is 0. The Morgan fingerprint density at radius 3 is 2.12 bits per heavy atom. The third-order valence-corrected chi connectivity index (χ3v) is 2.92. The molecule has 16 heavy (non-hydrogen) atoms. The second-order valence-electron chi connectivity index (χ2n) is 4.18. The summed E-state index contributed by atoms with van der Waals surface area (Å²) in [6.07, 6.45) is 7.12. The number of aliphatic hydroxyl groups is 1. The van der Waals surface area contributed by atoms with Crippen LogP contribution in [0.4, 0.5) is 0 Å². The minimum Gasteiger partial charge on any atom is -0.395 e. The van der Waals surface area contributed by atoms with Gasteiger partial charge in [-0.1, -0.05) is 19.3 Å². The van der Waals surface area contributed by atoms with E-state index in [2.05, 4.69) is 10.6 Å². The van der Waals surface area contributed by atoms with E-state index in [1.807, 2.05) is 0 Å². The lowest BCUT2D eigenvalue weighted by Gasteiger charge is -2.21. The van der Waals surface area contributed by atoms with Gasteiger partial charge in [0.15, 0.2) is 0 Å². The van der Waals surface area contributed by atoms with Crippen molar-refractivity contribution >= 4 is 24.8 Å². The zero-order chi connectivity index (χ0) is 10.1. The van der Waals surface area contributed by atoms with Crippen molar-refractivity contribution in [3.63, 3.8) is 0 Å². The van der Waals surface area contributed by atoms with E-state index in [4.69, 9.17) is 5.11 Å². The summed E-state index contributed by atoms with van der Waals surface area (Å²) in [6, 6.07) is 0. The van der Waals surface area contributed by atoms with Crippen LogP contribution >= 0.6 is 24.8 Å². The predicted molar refractivity (Wildman–Crippen MR) is 73.9 cm³/mol. The van der Waals surface area contributed by atoms with Gasteiger partial charge in [-0.25, -0.2) is 0 Å². The van der Waals surface area contributed by atoms with Crippen LogP contribution in [-0.2, 0) is 0 Å². The number of hydrogen-bond acceptors (Lipinski definition) is 3. The fourth-order valence-corrected chi connectivity index (χ4v) is 2.08. The molecule has 0 amide bonds. The molecule has 0 aromatic carbocycles. The number of rotatable bonds is 7. The first kappa shape index (κ1) is 18.8. The Bertz CT molecular complexity index is 133. The predicted octanol–water partition coefficient (Wildman–Crippen LogP) is 1.58. The molecule has 1 saturated carbocycles. The molecule has 0 bridgehead atoms. The minimum atomic E-state index is 0. The van der Waals surface area contributed by atoms with Crippen LogP contribution in [0, 0.1) is 5.92 Å². The maximum atomic E-state index is 8.54. The monoisotopic (exact) mass is 272 g/mol. The lowest BCUT2D eigenvalue weighted by molar-refractivity contribution is 0.291. The summed E-state index contributed by atoms with van der Waals surface area (Å²) in [5.74, 6) is 0.918. The topological polar surface area (TPSA) is 44.3 Å². The van der Waals surface area contributed by atoms with E-state index in [9.17, 15) is 0 Å². The Labute approximate surface area is 112 Å². The normalized spacial score (nSPS) is 16.3. The van der Waals surface area contributed by atoms with Crippen molar-refractivity contribution in [1.29, 1.82) is 0 Å². The molecule has 0 saturated heterocycles. The molecular weight excluding hydrogens is 247 g/mol. The Morgan fingerprint density at radius 2 is 1.50 bits per heavy atom. The maximum absolute atomic E-state index is 8.54. The van der Waals surface area contributed by atoms with Crippen molar-refractivity contribution < 1.29 is 5.11 Å². The molecule has 100 valence electrons. The Morgan fingerprint density at radius 1 is 0.875 bits per heavy atom. The molecule has 1 rings (SSSR count). The first-order chi connectivity index (χ1) is 6.93. The summed E-state index contributed by atoms with van der Waals surface area (Å²) in [5.41, 5.74) is 0. The molecule has 3 N–H and O–H groups in total. The average molecular weight is 273 g/mol. The van der Waals surface area contributed by atoms with Gasteiger partial charge in [-0.05, 0) is 25.3 Å². The number of hydrogen-bond donors (Lipinski definition) is 3. The van der Waals surface area contributed by atoms with E-state index in [0.29, 0.717) is 6.54 Å². The smallest absolute Gasteiger partial charge is 0.0555 e. The number of halogens is 2. The highest BCUT2D eigenvalue weighted by atomic mass is 35.5. The van der Waals surface area contributed by atoms with E-state index < -0.39 is 0 Å². The van der Waals surface area contributed by atoms with Gasteiger partial charge in [-0.2, -0.15) is 0 Å². The number of aliphatic hydroxyl groups excluding tert-OH is 1. The van der Waals surface area contributed by atoms with Crippen molar-refractivity contribution in [2.45, 2.75) is 32.1 Å². The summed E-state index contributed by atoms with van der Waals surface area (Å²) < 4.78 is 0. The standard InChI is InChI=1S/C11H24N2O.2ClH/c14-9-8-12-6-7-13-10-11-4-2-1-3-5-11;;/h11-14H,1-10H2;2*1H. The molecule has 0 aromatic rings. The highest BCUT2D eigenvalue weighted by Crippen LogP contribution is 2.22. The molecule has 3 nitrogen and oxygen atoms in total. The van der Waals surface area contributed by atoms with Gasteiger partial charge in [-0.3, -0.25) is 0 Å². The molecule has 0 heterocycles. The van der Waals surface area contributed by atoms with Crippen molar-refractivity contribution in [1.82, 2.24) is 10.6 Å². The van der Waals surface area contributed by atoms with Gasteiger partial charge in [0.25, 0.3) is 0 Å². The Hall–Kier alpha value is 0.460. The fourth-order valence-electron chi connectivity index (χ4n) is 2.08. The first-order valence-corrected chi connectivity index (χ1v) is 5.96. The molecule has 0 spiro atoms. The van der Waals surface area contributed by atoms with Gasteiger partial charge in [0.2, 0.25) is 0 Å². The molecule has 1 fully saturated rings. The molecule has 1 aliphatic carbocycles. The van der Waals surface area contributed by atoms with Crippen LogP contribution in [-0.4, -0.2) is 37.9 Å². The molecule has 0 radical (unpaired) electrons. The van der Waals surface area contributed by atoms with Crippen molar-refractivity contribution in [3.8, 4) is 0 Å². The Kier molecular flexibility index (Phi) is 15.9. The van der Waals surface area contributed by atoms with E-state index in [1.54, 1.807) is 0 Å². The van der Waals surface area contributed by atoms with Gasteiger partial charge in [0.05, 0.1) is 6.61 Å². The fraction of sp³-hybridized carbons (Fsp3) is 1.00. The van der Waals surface area contributed by atoms with Crippen molar-refractivity contribution in [2.24, 2.45) is 5.92 Å². The lowest BCUT2D eigenvalue weighted by atomic mass is 9.89. The van der Waals surface area contributed by atoms with Crippen LogP contribution in [0.15, 0.2) is 0 Å². The molecule has 5 heteroatoms. The van der Waals surface area contributed by atoms with Crippen LogP contribution < -0.4 is 10.6 Å². The van der Waals surface area contributed by atoms with Gasteiger partial charge in [0, 0.05) is 19.6 Å². The van der Waals surface area contributed by atoms with Gasteiger partial charge >= 0.3 is 0 Å². The molecule has 0 unspecified atom stereocenters. The Balaban J connectivity index is 0. The van der Waals surface area contributed by atoms with Gasteiger partial charge in [0.1, 0.15) is 0 Å². The summed E-state index contributed by atoms with van der Waals surface area (Å²) in [6.45, 7) is 4.12. The van der Waals surface area contributed by atoms with Gasteiger partial charge in [-0.15, -0.1) is 24.8 Å². The van der Waals surface area contributed by atoms with E-state index >= 15 is 0 Å². The zero-order valence-electron chi connectivity index (χ0n) is 9.91. The molecular formula is C11H26Cl2N2O. The molecule has 0 aromatic heterocycles. The third-order valence-electron chi connectivity index (χ3n) is 2.92. The van der Waals surface area contributed by atoms with Crippen LogP contribution in [0.5, 0.6) is 0 Å². The second-order valence-corrected chi connectivity index (χ2v) is 4.18. The van der Waals surface area contributed by atoms with Crippen LogP contribution in [0.3, 0.4) is 0 Å². The summed E-state index contributed by atoms with van der Waals surface area (Å²) in [4.78, 5) is 0. The lowest BCUT2D eigenvalue weighted by Crippen LogP contribution is -2.32. The first-order valence-electron chi connectivity index (χ1n) is 5.96. The zero-order valence-corrected chi connectivity index (χ0v) is 11.5. The SMILES string of the molecule is Cl.Cl.OCCNCCNCC1CCCCC1. The third kappa shape index (κ3) is 9.67. The summed E-state index contributed by atoms with van der Waals surface area (Å²) in [7, 11) is 0. The van der Waals surface area contributed by atoms with E-state index in [0.717, 1.165) is 19.0 Å². The van der Waals surface area contributed by atoms with Crippen LogP contribution in [0.1, 0.15) is 32.1 Å². The number of nitrogens with one attached hydrogen (secondary N) is 2. The maximum Gasteiger partial charge on any atom is 0.0555 e. The van der Waals surface area contributed by atoms with Crippen LogP contribution in [0.25, 0.3) is 0 Å². The summed E-state index contributed by atoms with van der Waals surface area (Å²) >= 11 is 0. The van der Waals surface area contributed by atoms with E-state index in [-0.39, 0.29) is 31.4 Å². The van der Waals surface area contributed by atoms with Crippen molar-refractivity contribution in [2.75, 3.05) is 32.8 Å². The van der Waals surface area contributed by atoms with Crippen LogP contribution in [0.2, 0.25) is 0 Å². The molecule has 0 aliphatic heterocycles. The highest BCUT2D eigenvalue weighted by Gasteiger charge is 2.11. The quantitative estimate of drug-likeness (QED) is 0.617. The van der Waals surface area contributed by atoms with E-state index in [1.165, 1.54) is 38.6 Å². The molecule has 0 atom stereocenters. The summed E-state index contributed by atoms with van der Waals surface area (Å²) in [5, 5.41) is 15.2. The van der Waals surface area contributed by atoms with Crippen molar-refractivity contribution in [3.05, 3.63) is 0 Å². The van der Waals surface area contributed by atoms with Gasteiger partial charge < -0.3 is 15.7 Å². The largest absolute Gasteiger partial charge is 0.395 e.